The molecule has 0 aliphatic heterocycles. The number of carbonyl (C=O) groups is 2. The van der Waals surface area contributed by atoms with Gasteiger partial charge in [-0.1, -0.05) is 48.0 Å². The van der Waals surface area contributed by atoms with E-state index in [1.807, 2.05) is 31.2 Å². The summed E-state index contributed by atoms with van der Waals surface area (Å²) in [4.78, 5) is 27.4. The fourth-order valence-corrected chi connectivity index (χ4v) is 3.16. The number of thiocarbonyl (C=S) groups is 1. The van der Waals surface area contributed by atoms with Crippen LogP contribution >= 0.6 is 12.2 Å². The van der Waals surface area contributed by atoms with Gasteiger partial charge in [0.2, 0.25) is 0 Å². The van der Waals surface area contributed by atoms with Crippen LogP contribution in [-0.2, 0) is 11.2 Å². The average Bonchev–Trinajstić information content (AvgIpc) is 3.10. The molecule has 0 spiro atoms. The fourth-order valence-electron chi connectivity index (χ4n) is 2.96. The predicted octanol–water partition coefficient (Wildman–Crippen LogP) is 3.83. The van der Waals surface area contributed by atoms with Gasteiger partial charge < -0.3 is 15.0 Å². The topological polar surface area (TPSA) is 83.2 Å². The Hall–Kier alpha value is -3.45. The Bertz CT molecular complexity index is 1040. The van der Waals surface area contributed by atoms with Crippen molar-refractivity contribution in [3.8, 4) is 0 Å². The number of rotatable bonds is 5. The zero-order chi connectivity index (χ0) is 20.8. The Balaban J connectivity index is 1.82. The number of benzene rings is 2. The molecular weight excluding hydrogens is 386 g/mol. The van der Waals surface area contributed by atoms with E-state index in [9.17, 15) is 9.59 Å². The SMILES string of the molecule is COC(=O)c1[nH]cc(Cc2cccc(C)c2)c1NC(=S)NC(=O)c1ccccc1. The van der Waals surface area contributed by atoms with Crippen LogP contribution in [-0.4, -0.2) is 29.1 Å². The van der Waals surface area contributed by atoms with Crippen LogP contribution in [0.2, 0.25) is 0 Å². The van der Waals surface area contributed by atoms with E-state index in [1.165, 1.54) is 7.11 Å². The highest BCUT2D eigenvalue weighted by Gasteiger charge is 2.20. The molecule has 7 heteroatoms. The van der Waals surface area contributed by atoms with Gasteiger partial charge in [0.1, 0.15) is 5.69 Å². The number of ether oxygens (including phenoxy) is 1. The van der Waals surface area contributed by atoms with Crippen molar-refractivity contribution in [1.29, 1.82) is 0 Å². The molecular formula is C22H21N3O3S. The van der Waals surface area contributed by atoms with Gasteiger partial charge in [0.05, 0.1) is 12.8 Å². The van der Waals surface area contributed by atoms with Crippen molar-refractivity contribution in [2.45, 2.75) is 13.3 Å². The Morgan fingerprint density at radius 2 is 1.86 bits per heavy atom. The van der Waals surface area contributed by atoms with Crippen molar-refractivity contribution in [2.24, 2.45) is 0 Å². The van der Waals surface area contributed by atoms with E-state index in [0.29, 0.717) is 17.7 Å². The summed E-state index contributed by atoms with van der Waals surface area (Å²) in [6, 6.07) is 16.8. The molecule has 3 rings (SSSR count). The third-order valence-corrected chi connectivity index (χ3v) is 4.53. The van der Waals surface area contributed by atoms with E-state index in [-0.39, 0.29) is 16.7 Å². The molecule has 1 aromatic heterocycles. The Kier molecular flexibility index (Phi) is 6.41. The maximum Gasteiger partial charge on any atom is 0.356 e. The minimum atomic E-state index is -0.528. The van der Waals surface area contributed by atoms with Crippen molar-refractivity contribution < 1.29 is 14.3 Å². The summed E-state index contributed by atoms with van der Waals surface area (Å²) in [5.74, 6) is -0.862. The molecule has 3 aromatic rings. The van der Waals surface area contributed by atoms with Gasteiger partial charge >= 0.3 is 5.97 Å². The molecule has 29 heavy (non-hydrogen) atoms. The highest BCUT2D eigenvalue weighted by molar-refractivity contribution is 7.80. The summed E-state index contributed by atoms with van der Waals surface area (Å²) in [6.07, 6.45) is 2.31. The van der Waals surface area contributed by atoms with Crippen LogP contribution in [0, 0.1) is 6.92 Å². The van der Waals surface area contributed by atoms with Crippen LogP contribution in [0.1, 0.15) is 37.5 Å². The van der Waals surface area contributed by atoms with E-state index < -0.39 is 5.97 Å². The molecule has 1 heterocycles. The minimum absolute atomic E-state index is 0.0918. The van der Waals surface area contributed by atoms with Gasteiger partial charge in [-0.2, -0.15) is 0 Å². The molecule has 0 fully saturated rings. The summed E-state index contributed by atoms with van der Waals surface area (Å²) >= 11 is 5.30. The fraction of sp³-hybridized carbons (Fsp3) is 0.136. The summed E-state index contributed by atoms with van der Waals surface area (Å²) < 4.78 is 4.85. The molecule has 0 aliphatic carbocycles. The largest absolute Gasteiger partial charge is 0.464 e. The standard InChI is InChI=1S/C22H21N3O3S/c1-14-7-6-8-15(11-14)12-17-13-23-19(21(27)28-2)18(17)24-22(29)25-20(26)16-9-4-3-5-10-16/h3-11,13,23H,12H2,1-2H3,(H2,24,25,26,29). The number of aryl methyl sites for hydroxylation is 1. The summed E-state index contributed by atoms with van der Waals surface area (Å²) in [5, 5.41) is 5.70. The maximum atomic E-state index is 12.3. The normalized spacial score (nSPS) is 10.3. The number of H-pyrrole nitrogens is 1. The number of amides is 1. The molecule has 2 aromatic carbocycles. The Morgan fingerprint density at radius 1 is 1.10 bits per heavy atom. The lowest BCUT2D eigenvalue weighted by Crippen LogP contribution is -2.34. The van der Waals surface area contributed by atoms with Gasteiger partial charge in [0, 0.05) is 18.2 Å². The van der Waals surface area contributed by atoms with Crippen LogP contribution in [0.15, 0.2) is 60.8 Å². The molecule has 1 amide bonds. The first-order valence-corrected chi connectivity index (χ1v) is 9.40. The van der Waals surface area contributed by atoms with Crippen LogP contribution < -0.4 is 10.6 Å². The van der Waals surface area contributed by atoms with Crippen molar-refractivity contribution in [2.75, 3.05) is 12.4 Å². The van der Waals surface area contributed by atoms with Crippen LogP contribution in [0.4, 0.5) is 5.69 Å². The average molecular weight is 407 g/mol. The second-order valence-corrected chi connectivity index (χ2v) is 6.90. The first-order chi connectivity index (χ1) is 14.0. The summed E-state index contributed by atoms with van der Waals surface area (Å²) in [5.41, 5.74) is 4.27. The lowest BCUT2D eigenvalue weighted by atomic mass is 10.0. The van der Waals surface area contributed by atoms with Crippen molar-refractivity contribution in [3.63, 3.8) is 0 Å². The van der Waals surface area contributed by atoms with Crippen molar-refractivity contribution in [3.05, 3.63) is 88.7 Å². The third kappa shape index (κ3) is 5.08. The molecule has 0 aliphatic rings. The number of hydrogen-bond acceptors (Lipinski definition) is 4. The Morgan fingerprint density at radius 3 is 2.55 bits per heavy atom. The van der Waals surface area contributed by atoms with Gasteiger partial charge in [0.25, 0.3) is 5.91 Å². The highest BCUT2D eigenvalue weighted by atomic mass is 32.1. The third-order valence-electron chi connectivity index (χ3n) is 4.33. The zero-order valence-electron chi connectivity index (χ0n) is 16.1. The second-order valence-electron chi connectivity index (χ2n) is 6.50. The van der Waals surface area contributed by atoms with Crippen LogP contribution in [0.5, 0.6) is 0 Å². The van der Waals surface area contributed by atoms with Gasteiger partial charge in [-0.05, 0) is 42.4 Å². The van der Waals surface area contributed by atoms with Crippen molar-refractivity contribution in [1.82, 2.24) is 10.3 Å². The van der Waals surface area contributed by atoms with E-state index in [0.717, 1.165) is 16.7 Å². The zero-order valence-corrected chi connectivity index (χ0v) is 16.9. The predicted molar refractivity (Wildman–Crippen MR) is 116 cm³/mol. The van der Waals surface area contributed by atoms with Gasteiger partial charge in [-0.3, -0.25) is 10.1 Å². The molecule has 0 atom stereocenters. The maximum absolute atomic E-state index is 12.3. The molecule has 148 valence electrons. The summed E-state index contributed by atoms with van der Waals surface area (Å²) in [6.45, 7) is 2.02. The monoisotopic (exact) mass is 407 g/mol. The van der Waals surface area contributed by atoms with Crippen molar-refractivity contribution >= 4 is 34.9 Å². The smallest absolute Gasteiger partial charge is 0.356 e. The first kappa shape index (κ1) is 20.3. The molecule has 6 nitrogen and oxygen atoms in total. The molecule has 0 saturated carbocycles. The lowest BCUT2D eigenvalue weighted by Gasteiger charge is -2.12. The van der Waals surface area contributed by atoms with E-state index >= 15 is 0 Å². The van der Waals surface area contributed by atoms with Crippen LogP contribution in [0.3, 0.4) is 0 Å². The van der Waals surface area contributed by atoms with Crippen LogP contribution in [0.25, 0.3) is 0 Å². The highest BCUT2D eigenvalue weighted by Crippen LogP contribution is 2.25. The molecule has 0 bridgehead atoms. The lowest BCUT2D eigenvalue weighted by molar-refractivity contribution is 0.0596. The summed E-state index contributed by atoms with van der Waals surface area (Å²) in [7, 11) is 1.31. The van der Waals surface area contributed by atoms with Gasteiger partial charge in [0.15, 0.2) is 5.11 Å². The molecule has 0 saturated heterocycles. The number of hydrogen-bond donors (Lipinski definition) is 3. The van der Waals surface area contributed by atoms with E-state index in [1.54, 1.807) is 30.5 Å². The number of nitrogens with one attached hydrogen (secondary N) is 3. The number of anilines is 1. The van der Waals surface area contributed by atoms with Gasteiger partial charge in [-0.15, -0.1) is 0 Å². The van der Waals surface area contributed by atoms with Gasteiger partial charge in [-0.25, -0.2) is 4.79 Å². The van der Waals surface area contributed by atoms with E-state index in [2.05, 4.69) is 21.7 Å². The number of methoxy groups -OCH3 is 1. The minimum Gasteiger partial charge on any atom is -0.464 e. The molecule has 0 radical (unpaired) electrons. The molecule has 0 unspecified atom stereocenters. The van der Waals surface area contributed by atoms with E-state index in [4.69, 9.17) is 17.0 Å². The number of esters is 1. The number of aromatic nitrogens is 1. The number of carbonyl (C=O) groups excluding carboxylic acids is 2. The first-order valence-electron chi connectivity index (χ1n) is 8.99. The number of aromatic amines is 1. The molecule has 3 N–H and O–H groups in total. The second kappa shape index (κ2) is 9.16. The quantitative estimate of drug-likeness (QED) is 0.442. The Labute approximate surface area is 174 Å².